The number of nitrogens with zero attached hydrogens (tertiary/aromatic N) is 1. The molecular weight excluding hydrogens is 368 g/mol. The molecule has 0 saturated carbocycles. The highest BCUT2D eigenvalue weighted by atomic mass is 16.5. The maximum Gasteiger partial charge on any atom is 0.338 e. The van der Waals surface area contributed by atoms with Gasteiger partial charge in [-0.05, 0) is 35.9 Å². The molecule has 6 heteroatoms. The van der Waals surface area contributed by atoms with Crippen molar-refractivity contribution in [1.29, 1.82) is 0 Å². The molecule has 1 heterocycles. The van der Waals surface area contributed by atoms with Crippen molar-refractivity contribution >= 4 is 29.0 Å². The number of carbonyl (C=O) groups excluding carboxylic acids is 3. The molecule has 29 heavy (non-hydrogen) atoms. The molecule has 0 spiro atoms. The van der Waals surface area contributed by atoms with Crippen LogP contribution in [0.25, 0.3) is 0 Å². The van der Waals surface area contributed by atoms with E-state index < -0.39 is 5.97 Å². The summed E-state index contributed by atoms with van der Waals surface area (Å²) in [7, 11) is 1.93. The zero-order valence-corrected chi connectivity index (χ0v) is 17.0. The smallest absolute Gasteiger partial charge is 0.338 e. The second-order valence-corrected chi connectivity index (χ2v) is 7.53. The van der Waals surface area contributed by atoms with E-state index in [9.17, 15) is 14.4 Å². The number of para-hydroxylation sites is 1. The van der Waals surface area contributed by atoms with Crippen LogP contribution in [0.15, 0.2) is 60.3 Å². The van der Waals surface area contributed by atoms with Gasteiger partial charge in [0, 0.05) is 42.5 Å². The molecule has 0 unspecified atom stereocenters. The zero-order valence-electron chi connectivity index (χ0n) is 17.0. The predicted octanol–water partition coefficient (Wildman–Crippen LogP) is 3.68. The van der Waals surface area contributed by atoms with Crippen molar-refractivity contribution in [3.63, 3.8) is 0 Å². The number of esters is 1. The number of ketones is 1. The van der Waals surface area contributed by atoms with Crippen molar-refractivity contribution in [3.8, 4) is 0 Å². The van der Waals surface area contributed by atoms with Crippen molar-refractivity contribution in [2.45, 2.75) is 26.2 Å². The zero-order chi connectivity index (χ0) is 21.2. The van der Waals surface area contributed by atoms with E-state index in [-0.39, 0.29) is 23.7 Å². The molecule has 0 radical (unpaired) electrons. The summed E-state index contributed by atoms with van der Waals surface area (Å²) < 4.78 is 5.16. The molecular formula is C23H24N2O4. The van der Waals surface area contributed by atoms with E-state index in [0.29, 0.717) is 11.3 Å². The van der Waals surface area contributed by atoms with Gasteiger partial charge in [-0.15, -0.1) is 0 Å². The number of ether oxygens (including phenoxy) is 1. The lowest BCUT2D eigenvalue weighted by atomic mass is 9.83. The molecule has 0 aromatic heterocycles. The van der Waals surface area contributed by atoms with E-state index in [1.165, 1.54) is 6.92 Å². The maximum atomic E-state index is 12.5. The van der Waals surface area contributed by atoms with Gasteiger partial charge in [-0.25, -0.2) is 4.79 Å². The van der Waals surface area contributed by atoms with Crippen molar-refractivity contribution in [2.75, 3.05) is 23.9 Å². The van der Waals surface area contributed by atoms with Gasteiger partial charge in [0.05, 0.1) is 5.56 Å². The number of anilines is 2. The third-order valence-corrected chi connectivity index (χ3v) is 5.02. The Kier molecular flexibility index (Phi) is 5.55. The highest BCUT2D eigenvalue weighted by Gasteiger charge is 2.38. The summed E-state index contributed by atoms with van der Waals surface area (Å²) in [6, 6.07) is 14.3. The van der Waals surface area contributed by atoms with Crippen LogP contribution in [0.4, 0.5) is 11.4 Å². The van der Waals surface area contributed by atoms with Crippen LogP contribution >= 0.6 is 0 Å². The standard InChI is InChI=1S/C23H24N2O4/c1-15(26)24-17-11-9-16(10-12-17)22(28)29-14-18(27)13-21-23(2,3)19-7-5-6-8-20(19)25(21)4/h5-13H,14H2,1-4H3,(H,24,26)/b21-13-. The van der Waals surface area contributed by atoms with Gasteiger partial charge in [0.25, 0.3) is 0 Å². The number of benzene rings is 2. The second-order valence-electron chi connectivity index (χ2n) is 7.53. The monoisotopic (exact) mass is 392 g/mol. The summed E-state index contributed by atoms with van der Waals surface area (Å²) >= 11 is 0. The average Bonchev–Trinajstić information content (AvgIpc) is 2.87. The number of allylic oxidation sites excluding steroid dienone is 1. The lowest BCUT2D eigenvalue weighted by Gasteiger charge is -2.23. The van der Waals surface area contributed by atoms with Crippen LogP contribution in [0.5, 0.6) is 0 Å². The quantitative estimate of drug-likeness (QED) is 0.621. The Morgan fingerprint density at radius 3 is 2.34 bits per heavy atom. The van der Waals surface area contributed by atoms with Gasteiger partial charge in [-0.2, -0.15) is 0 Å². The summed E-state index contributed by atoms with van der Waals surface area (Å²) in [4.78, 5) is 37.7. The minimum atomic E-state index is -0.589. The normalized spacial score (nSPS) is 15.7. The van der Waals surface area contributed by atoms with Gasteiger partial charge in [0.2, 0.25) is 5.91 Å². The summed E-state index contributed by atoms with van der Waals surface area (Å²) in [5.74, 6) is -1.06. The molecule has 1 aliphatic heterocycles. The van der Waals surface area contributed by atoms with Crippen molar-refractivity contribution in [2.24, 2.45) is 0 Å². The number of nitrogens with one attached hydrogen (secondary N) is 1. The fourth-order valence-electron chi connectivity index (χ4n) is 3.57. The molecule has 0 atom stereocenters. The van der Waals surface area contributed by atoms with Crippen LogP contribution in [0.3, 0.4) is 0 Å². The van der Waals surface area contributed by atoms with E-state index in [2.05, 4.69) is 25.2 Å². The van der Waals surface area contributed by atoms with E-state index in [1.54, 1.807) is 30.3 Å². The summed E-state index contributed by atoms with van der Waals surface area (Å²) in [5.41, 5.74) is 3.65. The number of fused-ring (bicyclic) bond motifs is 1. The van der Waals surface area contributed by atoms with Gasteiger partial charge in [-0.3, -0.25) is 9.59 Å². The molecule has 0 fully saturated rings. The Morgan fingerprint density at radius 1 is 1.07 bits per heavy atom. The molecule has 0 aliphatic carbocycles. The Bertz CT molecular complexity index is 990. The number of amides is 1. The topological polar surface area (TPSA) is 75.7 Å². The number of hydrogen-bond acceptors (Lipinski definition) is 5. The summed E-state index contributed by atoms with van der Waals surface area (Å²) in [5, 5.41) is 2.62. The highest BCUT2D eigenvalue weighted by Crippen LogP contribution is 2.46. The fourth-order valence-corrected chi connectivity index (χ4v) is 3.57. The third kappa shape index (κ3) is 4.21. The first-order valence-corrected chi connectivity index (χ1v) is 9.33. The van der Waals surface area contributed by atoms with E-state index >= 15 is 0 Å². The second kappa shape index (κ2) is 7.91. The molecule has 2 aromatic rings. The number of hydrogen-bond donors (Lipinski definition) is 1. The third-order valence-electron chi connectivity index (χ3n) is 5.02. The molecule has 150 valence electrons. The molecule has 3 rings (SSSR count). The van der Waals surface area contributed by atoms with Crippen LogP contribution in [0.1, 0.15) is 36.7 Å². The highest BCUT2D eigenvalue weighted by molar-refractivity contribution is 5.97. The Labute approximate surface area is 170 Å². The van der Waals surface area contributed by atoms with Gasteiger partial charge >= 0.3 is 5.97 Å². The number of rotatable bonds is 5. The predicted molar refractivity (Wildman–Crippen MR) is 112 cm³/mol. The molecule has 6 nitrogen and oxygen atoms in total. The minimum absolute atomic E-state index is 0.194. The summed E-state index contributed by atoms with van der Waals surface area (Å²) in [6.07, 6.45) is 1.55. The fraction of sp³-hybridized carbons (Fsp3) is 0.261. The summed E-state index contributed by atoms with van der Waals surface area (Å²) in [6.45, 7) is 5.20. The first-order valence-electron chi connectivity index (χ1n) is 9.33. The maximum absolute atomic E-state index is 12.5. The largest absolute Gasteiger partial charge is 0.454 e. The lowest BCUT2D eigenvalue weighted by Crippen LogP contribution is -2.25. The first-order chi connectivity index (χ1) is 13.7. The van der Waals surface area contributed by atoms with E-state index in [4.69, 9.17) is 4.74 Å². The molecule has 2 aromatic carbocycles. The molecule has 0 bridgehead atoms. The van der Waals surface area contributed by atoms with Gasteiger partial charge in [-0.1, -0.05) is 32.0 Å². The van der Waals surface area contributed by atoms with Crippen molar-refractivity contribution in [3.05, 3.63) is 71.4 Å². The van der Waals surface area contributed by atoms with E-state index in [1.807, 2.05) is 30.1 Å². The van der Waals surface area contributed by atoms with Crippen LogP contribution in [0.2, 0.25) is 0 Å². The first kappa shape index (κ1) is 20.3. The average molecular weight is 392 g/mol. The van der Waals surface area contributed by atoms with Crippen molar-refractivity contribution < 1.29 is 19.1 Å². The molecule has 0 saturated heterocycles. The van der Waals surface area contributed by atoms with Crippen LogP contribution in [-0.4, -0.2) is 31.3 Å². The minimum Gasteiger partial charge on any atom is -0.454 e. The Hall–Kier alpha value is -3.41. The van der Waals surface area contributed by atoms with Crippen LogP contribution < -0.4 is 10.2 Å². The van der Waals surface area contributed by atoms with Crippen LogP contribution in [-0.2, 0) is 19.7 Å². The van der Waals surface area contributed by atoms with E-state index in [0.717, 1.165) is 16.9 Å². The SMILES string of the molecule is CC(=O)Nc1ccc(C(=O)OCC(=O)/C=C2\N(C)c3ccccc3C2(C)C)cc1. The number of carbonyl (C=O) groups is 3. The molecule has 1 amide bonds. The Morgan fingerprint density at radius 2 is 1.72 bits per heavy atom. The number of likely N-dealkylation sites (N-methyl/N-ethyl adjacent to an activating group) is 1. The Balaban J connectivity index is 1.65. The van der Waals surface area contributed by atoms with Gasteiger partial charge < -0.3 is 15.0 Å². The van der Waals surface area contributed by atoms with Crippen molar-refractivity contribution in [1.82, 2.24) is 0 Å². The van der Waals surface area contributed by atoms with Crippen LogP contribution in [0, 0.1) is 0 Å². The molecule has 1 aliphatic rings. The van der Waals surface area contributed by atoms with Gasteiger partial charge in [0.15, 0.2) is 12.4 Å². The van der Waals surface area contributed by atoms with Gasteiger partial charge in [0.1, 0.15) is 0 Å². The molecule has 1 N–H and O–H groups in total. The lowest BCUT2D eigenvalue weighted by molar-refractivity contribution is -0.117.